The van der Waals surface area contributed by atoms with E-state index in [0.717, 1.165) is 19.3 Å². The van der Waals surface area contributed by atoms with E-state index in [-0.39, 0.29) is 5.31 Å². The Morgan fingerprint density at radius 3 is 2.67 bits per heavy atom. The highest BCUT2D eigenvalue weighted by Crippen LogP contribution is 2.44. The van der Waals surface area contributed by atoms with Crippen LogP contribution in [0.5, 0.6) is 0 Å². The van der Waals surface area contributed by atoms with E-state index in [0.29, 0.717) is 12.5 Å². The summed E-state index contributed by atoms with van der Waals surface area (Å²) in [5, 5.41) is 8.75. The molecule has 9 heavy (non-hydrogen) atoms. The zero-order chi connectivity index (χ0) is 6.91. The lowest BCUT2D eigenvalue weighted by atomic mass is 9.69. The summed E-state index contributed by atoms with van der Waals surface area (Å²) in [6.45, 7) is 2.37. The minimum absolute atomic E-state index is 0.00734. The second-order valence-electron chi connectivity index (χ2n) is 3.45. The first-order valence-corrected chi connectivity index (χ1v) is 3.54. The topological polar surface area (TPSA) is 20.2 Å². The first kappa shape index (κ1) is 7.14. The third-order valence-corrected chi connectivity index (χ3v) is 2.14. The predicted molar refractivity (Wildman–Crippen MR) is 38.5 cm³/mol. The van der Waals surface area contributed by atoms with Gasteiger partial charge in [-0.1, -0.05) is 25.1 Å². The number of aliphatic hydroxyl groups excluding tert-OH is 1. The second-order valence-corrected chi connectivity index (χ2v) is 3.45. The van der Waals surface area contributed by atoms with Gasteiger partial charge in [-0.15, -0.1) is 0 Å². The zero-order valence-electron chi connectivity index (χ0n) is 5.93. The average Bonchev–Trinajstić information content (AvgIpc) is 2.10. The summed E-state index contributed by atoms with van der Waals surface area (Å²) >= 11 is 0. The second kappa shape index (κ2) is 2.33. The fraction of sp³-hybridized carbons (Fsp3) is 1.00. The number of hydrogen-bond donors (Lipinski definition) is 1. The van der Waals surface area contributed by atoms with Crippen molar-refractivity contribution in [3.05, 3.63) is 0 Å². The van der Waals surface area contributed by atoms with Crippen LogP contribution in [-0.2, 0) is 0 Å². The lowest BCUT2D eigenvalue weighted by molar-refractivity contribution is 0.227. The predicted octanol–water partition coefficient (Wildman–Crippen LogP) is 1.13. The Balaban J connectivity index is 2.38. The largest absolute Gasteiger partial charge is 0.396 e. The van der Waals surface area contributed by atoms with Crippen LogP contribution in [0.1, 0.15) is 26.2 Å². The van der Waals surface area contributed by atoms with Gasteiger partial charge >= 0.3 is 0 Å². The van der Waals surface area contributed by atoms with E-state index in [9.17, 15) is 0 Å². The smallest absolute Gasteiger partial charge is 0.0742 e. The quantitative estimate of drug-likeness (QED) is 0.519. The van der Waals surface area contributed by atoms with Gasteiger partial charge in [0.15, 0.2) is 0 Å². The van der Waals surface area contributed by atoms with Crippen molar-refractivity contribution in [2.45, 2.75) is 31.5 Å². The molecule has 2 atom stereocenters. The van der Waals surface area contributed by atoms with Gasteiger partial charge in [0.05, 0.1) is 7.85 Å². The molecule has 1 N–H and O–H groups in total. The maximum atomic E-state index is 8.74. The molecular weight excluding hydrogens is 111 g/mol. The maximum absolute atomic E-state index is 8.74. The van der Waals surface area contributed by atoms with Gasteiger partial charge in [0.2, 0.25) is 0 Å². The Kier molecular flexibility index (Phi) is 1.85. The Morgan fingerprint density at radius 2 is 2.44 bits per heavy atom. The first-order valence-electron chi connectivity index (χ1n) is 3.54. The molecule has 1 fully saturated rings. The molecule has 0 aliphatic heterocycles. The van der Waals surface area contributed by atoms with Gasteiger partial charge < -0.3 is 5.11 Å². The van der Waals surface area contributed by atoms with Gasteiger partial charge in [0.25, 0.3) is 0 Å². The van der Waals surface area contributed by atoms with Gasteiger partial charge in [-0.2, -0.15) is 0 Å². The van der Waals surface area contributed by atoms with Gasteiger partial charge in [-0.3, -0.25) is 0 Å². The summed E-state index contributed by atoms with van der Waals surface area (Å²) in [6, 6.07) is 0. The molecule has 50 valence electrons. The van der Waals surface area contributed by atoms with E-state index in [1.165, 1.54) is 0 Å². The van der Waals surface area contributed by atoms with Crippen molar-refractivity contribution in [2.75, 3.05) is 6.61 Å². The first-order chi connectivity index (χ1) is 4.14. The summed E-state index contributed by atoms with van der Waals surface area (Å²) in [5.74, 6) is 0.472. The third kappa shape index (κ3) is 1.72. The van der Waals surface area contributed by atoms with Crippen LogP contribution in [0.25, 0.3) is 0 Å². The molecule has 0 spiro atoms. The molecule has 1 saturated carbocycles. The maximum Gasteiger partial charge on any atom is 0.0742 e. The number of rotatable bonds is 1. The van der Waals surface area contributed by atoms with Crippen molar-refractivity contribution in [3.63, 3.8) is 0 Å². The highest BCUT2D eigenvalue weighted by Gasteiger charge is 2.29. The van der Waals surface area contributed by atoms with E-state index in [1.54, 1.807) is 0 Å². The molecule has 0 aromatic rings. The van der Waals surface area contributed by atoms with Crippen molar-refractivity contribution >= 4 is 7.85 Å². The van der Waals surface area contributed by atoms with E-state index < -0.39 is 0 Å². The molecule has 0 saturated heterocycles. The molecule has 0 heterocycles. The zero-order valence-corrected chi connectivity index (χ0v) is 5.93. The van der Waals surface area contributed by atoms with Crippen LogP contribution >= 0.6 is 0 Å². The summed E-state index contributed by atoms with van der Waals surface area (Å²) < 4.78 is 0. The molecule has 0 amide bonds. The molecule has 1 aliphatic carbocycles. The van der Waals surface area contributed by atoms with Crippen LogP contribution in [0.2, 0.25) is 5.31 Å². The summed E-state index contributed by atoms with van der Waals surface area (Å²) in [7, 11) is 5.83. The Bertz CT molecular complexity index is 101. The molecule has 0 aromatic heterocycles. The van der Waals surface area contributed by atoms with Gasteiger partial charge in [0.1, 0.15) is 0 Å². The van der Waals surface area contributed by atoms with E-state index in [1.807, 2.05) is 0 Å². The van der Waals surface area contributed by atoms with Crippen LogP contribution in [0.15, 0.2) is 0 Å². The highest BCUT2D eigenvalue weighted by molar-refractivity contribution is 6.15. The lowest BCUT2D eigenvalue weighted by Gasteiger charge is -2.16. The molecule has 0 aromatic carbocycles. The Morgan fingerprint density at radius 1 is 1.78 bits per heavy atom. The number of hydrogen-bond acceptors (Lipinski definition) is 1. The molecule has 1 rings (SSSR count). The lowest BCUT2D eigenvalue weighted by Crippen LogP contribution is -2.04. The van der Waals surface area contributed by atoms with Crippen molar-refractivity contribution in [1.29, 1.82) is 0 Å². The SMILES string of the molecule is [B]C1(C)CCC(CO)C1. The highest BCUT2D eigenvalue weighted by atomic mass is 16.3. The van der Waals surface area contributed by atoms with Crippen molar-refractivity contribution in [3.8, 4) is 0 Å². The minimum atomic E-state index is 0.00734. The Hall–Kier alpha value is 0.0249. The summed E-state index contributed by atoms with van der Waals surface area (Å²) in [4.78, 5) is 0. The average molecular weight is 124 g/mol. The molecule has 2 heteroatoms. The van der Waals surface area contributed by atoms with Gasteiger partial charge in [0, 0.05) is 6.61 Å². The summed E-state index contributed by atoms with van der Waals surface area (Å²) in [5.41, 5.74) is 0. The third-order valence-electron chi connectivity index (χ3n) is 2.14. The van der Waals surface area contributed by atoms with Crippen LogP contribution in [0, 0.1) is 5.92 Å². The van der Waals surface area contributed by atoms with Gasteiger partial charge in [-0.05, 0) is 12.3 Å². The van der Waals surface area contributed by atoms with E-state index in [4.69, 9.17) is 13.0 Å². The normalized spacial score (nSPS) is 43.6. The fourth-order valence-corrected chi connectivity index (χ4v) is 1.55. The van der Waals surface area contributed by atoms with Crippen molar-refractivity contribution < 1.29 is 5.11 Å². The standard InChI is InChI=1S/C7H13BO/c1-7(8)3-2-6(4-7)5-9/h6,9H,2-5H2,1H3. The molecule has 1 aliphatic rings. The van der Waals surface area contributed by atoms with Crippen LogP contribution in [-0.4, -0.2) is 19.6 Å². The van der Waals surface area contributed by atoms with Crippen LogP contribution in [0.3, 0.4) is 0 Å². The van der Waals surface area contributed by atoms with Crippen LogP contribution < -0.4 is 0 Å². The Labute approximate surface area is 57.9 Å². The number of aliphatic hydroxyl groups is 1. The van der Waals surface area contributed by atoms with Gasteiger partial charge in [-0.25, -0.2) is 0 Å². The van der Waals surface area contributed by atoms with Crippen LogP contribution in [0.4, 0.5) is 0 Å². The van der Waals surface area contributed by atoms with E-state index >= 15 is 0 Å². The summed E-state index contributed by atoms with van der Waals surface area (Å²) in [6.07, 6.45) is 3.16. The minimum Gasteiger partial charge on any atom is -0.396 e. The molecule has 2 radical (unpaired) electrons. The van der Waals surface area contributed by atoms with Crippen molar-refractivity contribution in [2.24, 2.45) is 5.92 Å². The van der Waals surface area contributed by atoms with E-state index in [2.05, 4.69) is 6.92 Å². The molecule has 0 bridgehead atoms. The molecular formula is C7H13BO. The fourth-order valence-electron chi connectivity index (χ4n) is 1.55. The molecule has 1 nitrogen and oxygen atoms in total. The monoisotopic (exact) mass is 124 g/mol. The van der Waals surface area contributed by atoms with Crippen molar-refractivity contribution in [1.82, 2.24) is 0 Å². The molecule has 2 unspecified atom stereocenters.